The van der Waals surface area contributed by atoms with Gasteiger partial charge < -0.3 is 10.2 Å². The van der Waals surface area contributed by atoms with E-state index in [4.69, 9.17) is 0 Å². The fraction of sp³-hybridized carbons (Fsp3) is 0.391. The van der Waals surface area contributed by atoms with Gasteiger partial charge in [0.2, 0.25) is 11.8 Å². The molecule has 4 rings (SSSR count). The van der Waals surface area contributed by atoms with Crippen molar-refractivity contribution in [3.05, 3.63) is 65.2 Å². The van der Waals surface area contributed by atoms with E-state index in [2.05, 4.69) is 5.32 Å². The first-order valence-electron chi connectivity index (χ1n) is 10.2. The highest BCUT2D eigenvalue weighted by atomic mass is 19.1. The van der Waals surface area contributed by atoms with E-state index < -0.39 is 11.7 Å². The second-order valence-corrected chi connectivity index (χ2v) is 7.92. The van der Waals surface area contributed by atoms with Gasteiger partial charge in [0.15, 0.2) is 0 Å². The molecule has 2 aromatic carbocycles. The molecule has 4 nitrogen and oxygen atoms in total. The average Bonchev–Trinajstić information content (AvgIpc) is 2.72. The number of rotatable bonds is 4. The first-order chi connectivity index (χ1) is 14.0. The molecular formula is C23H24F2N2O2. The summed E-state index contributed by atoms with van der Waals surface area (Å²) in [6, 6.07) is 10.4. The van der Waals surface area contributed by atoms with E-state index in [9.17, 15) is 18.4 Å². The first-order valence-corrected chi connectivity index (χ1v) is 10.2. The lowest BCUT2D eigenvalue weighted by atomic mass is 9.87. The van der Waals surface area contributed by atoms with Gasteiger partial charge in [0.25, 0.3) is 0 Å². The normalized spacial score (nSPS) is 19.4. The number of amides is 2. The third-order valence-electron chi connectivity index (χ3n) is 5.92. The first kappa shape index (κ1) is 19.6. The molecule has 0 radical (unpaired) electrons. The summed E-state index contributed by atoms with van der Waals surface area (Å²) in [6.07, 6.45) is 5.16. The third-order valence-corrected chi connectivity index (χ3v) is 5.92. The molecule has 0 spiro atoms. The minimum Gasteiger partial charge on any atom is -0.335 e. The molecule has 0 bridgehead atoms. The Labute approximate surface area is 168 Å². The number of benzene rings is 2. The van der Waals surface area contributed by atoms with Crippen LogP contribution in [0, 0.1) is 11.6 Å². The highest BCUT2D eigenvalue weighted by Crippen LogP contribution is 2.36. The zero-order valence-corrected chi connectivity index (χ0v) is 16.2. The maximum atomic E-state index is 13.6. The summed E-state index contributed by atoms with van der Waals surface area (Å²) in [7, 11) is 0. The predicted molar refractivity (Wildman–Crippen MR) is 106 cm³/mol. The molecule has 2 aliphatic rings. The van der Waals surface area contributed by atoms with Crippen molar-refractivity contribution in [1.29, 1.82) is 0 Å². The summed E-state index contributed by atoms with van der Waals surface area (Å²) >= 11 is 0. The highest BCUT2D eigenvalue weighted by Gasteiger charge is 2.36. The lowest BCUT2D eigenvalue weighted by molar-refractivity contribution is -0.138. The quantitative estimate of drug-likeness (QED) is 0.808. The van der Waals surface area contributed by atoms with Crippen molar-refractivity contribution in [2.45, 2.75) is 57.0 Å². The topological polar surface area (TPSA) is 49.4 Å². The number of carbonyl (C=O) groups is 2. The van der Waals surface area contributed by atoms with Gasteiger partial charge in [-0.15, -0.1) is 0 Å². The van der Waals surface area contributed by atoms with Crippen LogP contribution in [0.5, 0.6) is 0 Å². The molecule has 1 unspecified atom stereocenters. The van der Waals surface area contributed by atoms with Crippen LogP contribution in [-0.2, 0) is 16.1 Å². The monoisotopic (exact) mass is 398 g/mol. The van der Waals surface area contributed by atoms with Crippen molar-refractivity contribution in [2.75, 3.05) is 5.32 Å². The van der Waals surface area contributed by atoms with E-state index in [1.54, 1.807) is 18.2 Å². The molecule has 1 N–H and O–H groups in total. The van der Waals surface area contributed by atoms with Crippen molar-refractivity contribution < 1.29 is 18.4 Å². The molecule has 1 aliphatic carbocycles. The highest BCUT2D eigenvalue weighted by molar-refractivity contribution is 6.01. The summed E-state index contributed by atoms with van der Waals surface area (Å²) in [5.74, 6) is -1.81. The van der Waals surface area contributed by atoms with Crippen LogP contribution in [0.1, 0.15) is 55.6 Å². The van der Waals surface area contributed by atoms with Crippen molar-refractivity contribution in [3.63, 3.8) is 0 Å². The molecular weight excluding hydrogens is 374 g/mol. The molecule has 1 fully saturated rings. The Kier molecular flexibility index (Phi) is 5.60. The standard InChI is InChI=1S/C23H24F2N2O2/c24-16-8-6-15(7-9-16)14-27(18-4-2-1-3-5-18)23(29)20-13-22(28)26-21-12-17(25)10-11-19(20)21/h6-12,18,20H,1-5,13-14H2,(H,26,28). The molecule has 0 saturated heterocycles. The van der Waals surface area contributed by atoms with Crippen LogP contribution in [0.4, 0.5) is 14.5 Å². The van der Waals surface area contributed by atoms with Crippen LogP contribution in [0.15, 0.2) is 42.5 Å². The molecule has 152 valence electrons. The zero-order chi connectivity index (χ0) is 20.4. The van der Waals surface area contributed by atoms with Crippen molar-refractivity contribution in [3.8, 4) is 0 Å². The summed E-state index contributed by atoms with van der Waals surface area (Å²) < 4.78 is 27.0. The Bertz CT molecular complexity index is 908. The van der Waals surface area contributed by atoms with Gasteiger partial charge in [-0.25, -0.2) is 8.78 Å². The maximum Gasteiger partial charge on any atom is 0.231 e. The van der Waals surface area contributed by atoms with Gasteiger partial charge in [-0.2, -0.15) is 0 Å². The van der Waals surface area contributed by atoms with Gasteiger partial charge in [-0.05, 0) is 48.2 Å². The van der Waals surface area contributed by atoms with E-state index in [1.165, 1.54) is 24.3 Å². The summed E-state index contributed by atoms with van der Waals surface area (Å²) in [5, 5.41) is 2.67. The lowest BCUT2D eigenvalue weighted by Crippen LogP contribution is -2.45. The van der Waals surface area contributed by atoms with E-state index in [1.807, 2.05) is 4.90 Å². The van der Waals surface area contributed by atoms with E-state index in [0.29, 0.717) is 17.8 Å². The Balaban J connectivity index is 1.65. The van der Waals surface area contributed by atoms with Gasteiger partial charge in [0, 0.05) is 24.7 Å². The smallest absolute Gasteiger partial charge is 0.231 e. The fourth-order valence-electron chi connectivity index (χ4n) is 4.42. The average molecular weight is 398 g/mol. The molecule has 1 aliphatic heterocycles. The molecule has 2 aromatic rings. The molecule has 6 heteroatoms. The maximum absolute atomic E-state index is 13.6. The van der Waals surface area contributed by atoms with Gasteiger partial charge in [0.05, 0.1) is 5.92 Å². The van der Waals surface area contributed by atoms with Gasteiger partial charge in [-0.1, -0.05) is 37.5 Å². The summed E-state index contributed by atoms with van der Waals surface area (Å²) in [6.45, 7) is 0.373. The number of nitrogens with zero attached hydrogens (tertiary/aromatic N) is 1. The number of nitrogens with one attached hydrogen (secondary N) is 1. The SMILES string of the molecule is O=C1CC(C(=O)N(Cc2ccc(F)cc2)C2CCCCC2)c2ccc(F)cc2N1. The van der Waals surface area contributed by atoms with Crippen LogP contribution >= 0.6 is 0 Å². The molecule has 0 aromatic heterocycles. The Morgan fingerprint density at radius 2 is 1.69 bits per heavy atom. The van der Waals surface area contributed by atoms with E-state index in [0.717, 1.165) is 37.7 Å². The number of carbonyl (C=O) groups excluding carboxylic acids is 2. The molecule has 1 heterocycles. The minimum absolute atomic E-state index is 0.0457. The van der Waals surface area contributed by atoms with Crippen LogP contribution in [0.3, 0.4) is 0 Å². The molecule has 1 saturated carbocycles. The van der Waals surface area contributed by atoms with Gasteiger partial charge in [0.1, 0.15) is 11.6 Å². The second-order valence-electron chi connectivity index (χ2n) is 7.92. The van der Waals surface area contributed by atoms with Crippen molar-refractivity contribution >= 4 is 17.5 Å². The summed E-state index contributed by atoms with van der Waals surface area (Å²) in [5.41, 5.74) is 1.87. The van der Waals surface area contributed by atoms with Crippen LogP contribution in [0.2, 0.25) is 0 Å². The number of halogens is 2. The Morgan fingerprint density at radius 3 is 2.41 bits per heavy atom. The number of hydrogen-bond donors (Lipinski definition) is 1. The third kappa shape index (κ3) is 4.31. The van der Waals surface area contributed by atoms with Gasteiger partial charge in [-0.3, -0.25) is 9.59 Å². The van der Waals surface area contributed by atoms with Crippen molar-refractivity contribution in [2.24, 2.45) is 0 Å². The van der Waals surface area contributed by atoms with Crippen LogP contribution < -0.4 is 5.32 Å². The minimum atomic E-state index is -0.637. The lowest BCUT2D eigenvalue weighted by Gasteiger charge is -2.38. The fourth-order valence-corrected chi connectivity index (χ4v) is 4.42. The Morgan fingerprint density at radius 1 is 1.00 bits per heavy atom. The van der Waals surface area contributed by atoms with Crippen molar-refractivity contribution in [1.82, 2.24) is 4.90 Å². The summed E-state index contributed by atoms with van der Waals surface area (Å²) in [4.78, 5) is 27.7. The number of anilines is 1. The zero-order valence-electron chi connectivity index (χ0n) is 16.2. The number of fused-ring (bicyclic) bond motifs is 1. The largest absolute Gasteiger partial charge is 0.335 e. The van der Waals surface area contributed by atoms with E-state index >= 15 is 0 Å². The molecule has 29 heavy (non-hydrogen) atoms. The molecule has 1 atom stereocenters. The Hall–Kier alpha value is -2.76. The number of hydrogen-bond acceptors (Lipinski definition) is 2. The van der Waals surface area contributed by atoms with Gasteiger partial charge >= 0.3 is 0 Å². The molecule has 2 amide bonds. The predicted octanol–water partition coefficient (Wildman–Crippen LogP) is 4.75. The van der Waals surface area contributed by atoms with Crippen LogP contribution in [0.25, 0.3) is 0 Å². The second kappa shape index (κ2) is 8.31. The van der Waals surface area contributed by atoms with E-state index in [-0.39, 0.29) is 30.1 Å². The van der Waals surface area contributed by atoms with Crippen LogP contribution in [-0.4, -0.2) is 22.8 Å².